The van der Waals surface area contributed by atoms with Gasteiger partial charge in [-0.2, -0.15) is 4.98 Å². The molecule has 164 valence electrons. The predicted octanol–water partition coefficient (Wildman–Crippen LogP) is 1.96. The number of likely N-dealkylation sites (tertiary alicyclic amines) is 1. The number of amides is 2. The average molecular weight is 434 g/mol. The summed E-state index contributed by atoms with van der Waals surface area (Å²) in [6, 6.07) is 7.19. The fourth-order valence-electron chi connectivity index (χ4n) is 3.48. The van der Waals surface area contributed by atoms with Crippen LogP contribution in [0.5, 0.6) is 0 Å². The second-order valence-electron chi connectivity index (χ2n) is 7.21. The summed E-state index contributed by atoms with van der Waals surface area (Å²) < 4.78 is 5.33. The van der Waals surface area contributed by atoms with E-state index in [0.717, 1.165) is 18.4 Å². The molecule has 1 aromatic carbocycles. The van der Waals surface area contributed by atoms with Crippen LogP contribution in [0.4, 0.5) is 17.5 Å². The van der Waals surface area contributed by atoms with Crippen LogP contribution in [0.3, 0.4) is 0 Å². The van der Waals surface area contributed by atoms with E-state index in [0.29, 0.717) is 24.7 Å². The molecule has 3 aromatic rings. The normalized spacial score (nSPS) is 15.8. The average Bonchev–Trinajstić information content (AvgIpc) is 3.34. The minimum atomic E-state index is -0.761. The molecule has 1 fully saturated rings. The molecular formula is C21H22N8O3. The molecule has 4 rings (SSSR count). The third kappa shape index (κ3) is 4.72. The van der Waals surface area contributed by atoms with Crippen LogP contribution in [0, 0.1) is 0 Å². The molecule has 0 bridgehead atoms. The van der Waals surface area contributed by atoms with Crippen molar-refractivity contribution < 1.29 is 14.0 Å². The first-order chi connectivity index (χ1) is 15.5. The van der Waals surface area contributed by atoms with Crippen LogP contribution in [0.15, 0.2) is 53.8 Å². The van der Waals surface area contributed by atoms with E-state index in [1.165, 1.54) is 12.3 Å². The molecule has 0 unspecified atom stereocenters. The van der Waals surface area contributed by atoms with Gasteiger partial charge in [-0.15, -0.1) is 10.2 Å². The van der Waals surface area contributed by atoms with E-state index in [1.807, 2.05) is 12.1 Å². The van der Waals surface area contributed by atoms with Crippen LogP contribution in [-0.4, -0.2) is 56.0 Å². The Morgan fingerprint density at radius 2 is 2.19 bits per heavy atom. The van der Waals surface area contributed by atoms with Gasteiger partial charge in [-0.25, -0.2) is 4.98 Å². The van der Waals surface area contributed by atoms with Crippen molar-refractivity contribution in [2.75, 3.05) is 23.7 Å². The monoisotopic (exact) mass is 434 g/mol. The first-order valence-corrected chi connectivity index (χ1v) is 10.0. The number of rotatable bonds is 7. The number of nitrogens with one attached hydrogen (secondary N) is 2. The number of benzene rings is 1. The summed E-state index contributed by atoms with van der Waals surface area (Å²) in [7, 11) is 0. The number of hydrogen-bond donors (Lipinski definition) is 3. The number of primary amides is 1. The zero-order chi connectivity index (χ0) is 22.5. The number of oxazole rings is 1. The summed E-state index contributed by atoms with van der Waals surface area (Å²) in [5, 5.41) is 14.2. The smallest absolute Gasteiger partial charge is 0.273 e. The molecule has 0 spiro atoms. The van der Waals surface area contributed by atoms with Crippen LogP contribution in [0.1, 0.15) is 23.3 Å². The lowest BCUT2D eigenvalue weighted by Crippen LogP contribution is -2.44. The molecule has 11 nitrogen and oxygen atoms in total. The summed E-state index contributed by atoms with van der Waals surface area (Å²) in [4.78, 5) is 34.0. The van der Waals surface area contributed by atoms with Gasteiger partial charge in [0.05, 0.1) is 6.20 Å². The lowest BCUT2D eigenvalue weighted by Gasteiger charge is -2.32. The molecule has 32 heavy (non-hydrogen) atoms. The molecule has 0 aliphatic carbocycles. The highest BCUT2D eigenvalue weighted by molar-refractivity contribution is 5.96. The van der Waals surface area contributed by atoms with E-state index in [9.17, 15) is 9.59 Å². The van der Waals surface area contributed by atoms with Crippen LogP contribution in [0.2, 0.25) is 0 Å². The van der Waals surface area contributed by atoms with Gasteiger partial charge < -0.3 is 25.7 Å². The SMILES string of the molecule is C=CC(=O)N1CCC[C@@H](Nc2nnc(C(N)=O)c(Nc3cccc(-c4ncco4)c3)n2)C1. The third-order valence-corrected chi connectivity index (χ3v) is 4.97. The van der Waals surface area contributed by atoms with Crippen molar-refractivity contribution in [3.8, 4) is 11.5 Å². The van der Waals surface area contributed by atoms with Crippen molar-refractivity contribution in [2.45, 2.75) is 18.9 Å². The van der Waals surface area contributed by atoms with E-state index in [-0.39, 0.29) is 29.4 Å². The van der Waals surface area contributed by atoms with Crippen LogP contribution >= 0.6 is 0 Å². The van der Waals surface area contributed by atoms with Gasteiger partial charge in [0.25, 0.3) is 5.91 Å². The van der Waals surface area contributed by atoms with Crippen LogP contribution < -0.4 is 16.4 Å². The fourth-order valence-corrected chi connectivity index (χ4v) is 3.48. The standard InChI is InChI=1S/C21H22N8O3/c1-2-16(30)29-9-4-7-15(12-29)25-21-26-19(17(18(22)31)27-28-21)24-14-6-3-5-13(11-14)20-23-8-10-32-20/h2-3,5-6,8,10-11,15H,1,4,7,9,12H2,(H2,22,31)(H2,24,25,26,28)/t15-/m1/s1. The Morgan fingerprint density at radius 3 is 2.94 bits per heavy atom. The first kappa shape index (κ1) is 21.0. The third-order valence-electron chi connectivity index (χ3n) is 4.97. The van der Waals surface area contributed by atoms with Gasteiger partial charge >= 0.3 is 0 Å². The summed E-state index contributed by atoms with van der Waals surface area (Å²) in [5.74, 6) is -0.0345. The number of hydrogen-bond acceptors (Lipinski definition) is 9. The Kier molecular flexibility index (Phi) is 6.06. The Hall–Kier alpha value is -4.28. The van der Waals surface area contributed by atoms with Gasteiger partial charge in [-0.3, -0.25) is 9.59 Å². The molecule has 0 saturated carbocycles. The fraction of sp³-hybridized carbons (Fsp3) is 0.238. The minimum absolute atomic E-state index is 0.0601. The number of carbonyl (C=O) groups is 2. The number of piperidine rings is 1. The summed E-state index contributed by atoms with van der Waals surface area (Å²) >= 11 is 0. The largest absolute Gasteiger partial charge is 0.445 e. The highest BCUT2D eigenvalue weighted by Gasteiger charge is 2.24. The molecule has 4 N–H and O–H groups in total. The Morgan fingerprint density at radius 1 is 1.31 bits per heavy atom. The van der Waals surface area contributed by atoms with Crippen molar-refractivity contribution in [3.63, 3.8) is 0 Å². The van der Waals surface area contributed by atoms with Gasteiger partial charge in [-0.1, -0.05) is 12.6 Å². The van der Waals surface area contributed by atoms with Gasteiger partial charge in [0.15, 0.2) is 11.5 Å². The van der Waals surface area contributed by atoms with Gasteiger partial charge in [-0.05, 0) is 37.1 Å². The second-order valence-corrected chi connectivity index (χ2v) is 7.21. The summed E-state index contributed by atoms with van der Waals surface area (Å²) in [5.41, 5.74) is 6.74. The molecule has 1 aliphatic heterocycles. The van der Waals surface area contributed by atoms with E-state index < -0.39 is 5.91 Å². The van der Waals surface area contributed by atoms with Gasteiger partial charge in [0.2, 0.25) is 17.7 Å². The zero-order valence-electron chi connectivity index (χ0n) is 17.2. The Bertz CT molecular complexity index is 1130. The minimum Gasteiger partial charge on any atom is -0.445 e. The highest BCUT2D eigenvalue weighted by atomic mass is 16.3. The molecule has 1 saturated heterocycles. The Labute approximate surface area is 183 Å². The maximum atomic E-state index is 11.9. The quantitative estimate of drug-likeness (QED) is 0.474. The maximum Gasteiger partial charge on any atom is 0.273 e. The topological polar surface area (TPSA) is 152 Å². The number of aromatic nitrogens is 4. The van der Waals surface area contributed by atoms with Crippen LogP contribution in [-0.2, 0) is 4.79 Å². The molecular weight excluding hydrogens is 412 g/mol. The number of anilines is 3. The second kappa shape index (κ2) is 9.25. The first-order valence-electron chi connectivity index (χ1n) is 10.0. The predicted molar refractivity (Wildman–Crippen MR) is 117 cm³/mol. The highest BCUT2D eigenvalue weighted by Crippen LogP contribution is 2.24. The molecule has 0 radical (unpaired) electrons. The lowest BCUT2D eigenvalue weighted by atomic mass is 10.1. The molecule has 11 heteroatoms. The van der Waals surface area contributed by atoms with E-state index in [1.54, 1.807) is 23.2 Å². The van der Waals surface area contributed by atoms with Crippen LogP contribution in [0.25, 0.3) is 11.5 Å². The van der Waals surface area contributed by atoms with Crippen molar-refractivity contribution in [3.05, 3.63) is 55.1 Å². The summed E-state index contributed by atoms with van der Waals surface area (Å²) in [6.07, 6.45) is 6.02. The number of carbonyl (C=O) groups excluding carboxylic acids is 2. The summed E-state index contributed by atoms with van der Waals surface area (Å²) in [6.45, 7) is 4.71. The van der Waals surface area contributed by atoms with Crippen molar-refractivity contribution in [2.24, 2.45) is 5.73 Å². The van der Waals surface area contributed by atoms with Crippen molar-refractivity contribution >= 4 is 29.3 Å². The molecule has 3 heterocycles. The molecule has 1 atom stereocenters. The van der Waals surface area contributed by atoms with Gasteiger partial charge in [0, 0.05) is 30.4 Å². The number of nitrogens with zero attached hydrogens (tertiary/aromatic N) is 5. The van der Waals surface area contributed by atoms with E-state index in [2.05, 4.69) is 37.4 Å². The van der Waals surface area contributed by atoms with E-state index in [4.69, 9.17) is 10.2 Å². The molecule has 1 aliphatic rings. The van der Waals surface area contributed by atoms with Crippen molar-refractivity contribution in [1.29, 1.82) is 0 Å². The zero-order valence-corrected chi connectivity index (χ0v) is 17.2. The number of nitrogens with two attached hydrogens (primary N) is 1. The maximum absolute atomic E-state index is 11.9. The van der Waals surface area contributed by atoms with Crippen molar-refractivity contribution in [1.82, 2.24) is 25.1 Å². The molecule has 2 aromatic heterocycles. The lowest BCUT2D eigenvalue weighted by molar-refractivity contribution is -0.127. The van der Waals surface area contributed by atoms with E-state index >= 15 is 0 Å². The van der Waals surface area contributed by atoms with Gasteiger partial charge in [0.1, 0.15) is 6.26 Å². The Balaban J connectivity index is 1.55. The molecule has 2 amide bonds.